The number of nitrogens with one attached hydrogen (secondary N) is 1. The number of nitro benzene ring substituents is 1. The Balaban J connectivity index is 1.62. The Bertz CT molecular complexity index is 924. The number of hydrogen-bond acceptors (Lipinski definition) is 4. The van der Waals surface area contributed by atoms with Crippen molar-refractivity contribution in [1.82, 2.24) is 4.90 Å². The highest BCUT2D eigenvalue weighted by Crippen LogP contribution is 2.35. The fourth-order valence-electron chi connectivity index (χ4n) is 3.16. The maximum Gasteiger partial charge on any atom is 0.293 e. The molecule has 0 spiro atoms. The largest absolute Gasteiger partial charge is 0.377 e. The summed E-state index contributed by atoms with van der Waals surface area (Å²) in [5.74, 6) is -0.830. The van der Waals surface area contributed by atoms with Crippen molar-refractivity contribution in [3.05, 3.63) is 68.5 Å². The molecule has 8 heteroatoms. The summed E-state index contributed by atoms with van der Waals surface area (Å²) in [6.07, 6.45) is 3.61. The number of carbonyl (C=O) groups excluding carboxylic acids is 1. The van der Waals surface area contributed by atoms with Gasteiger partial charge in [-0.3, -0.25) is 14.9 Å². The second-order valence-electron chi connectivity index (χ2n) is 7.27. The van der Waals surface area contributed by atoms with Crippen LogP contribution in [0.5, 0.6) is 0 Å². The van der Waals surface area contributed by atoms with Gasteiger partial charge < -0.3 is 10.2 Å². The van der Waals surface area contributed by atoms with E-state index >= 15 is 0 Å². The maximum absolute atomic E-state index is 14.2. The summed E-state index contributed by atoms with van der Waals surface area (Å²) in [7, 11) is 0. The minimum atomic E-state index is -0.489. The van der Waals surface area contributed by atoms with E-state index in [2.05, 4.69) is 5.32 Å². The van der Waals surface area contributed by atoms with E-state index in [4.69, 9.17) is 11.6 Å². The van der Waals surface area contributed by atoms with Gasteiger partial charge in [0.05, 0.1) is 11.5 Å². The van der Waals surface area contributed by atoms with Gasteiger partial charge in [0, 0.05) is 34.3 Å². The lowest BCUT2D eigenvalue weighted by molar-refractivity contribution is -0.384. The smallest absolute Gasteiger partial charge is 0.293 e. The van der Waals surface area contributed by atoms with Crippen LogP contribution in [0.1, 0.15) is 41.6 Å². The molecule has 0 bridgehead atoms. The van der Waals surface area contributed by atoms with Gasteiger partial charge in [-0.2, -0.15) is 0 Å². The Hall–Kier alpha value is -2.67. The Kier molecular flexibility index (Phi) is 4.93. The average molecular weight is 404 g/mol. The van der Waals surface area contributed by atoms with Crippen molar-refractivity contribution in [3.8, 4) is 0 Å². The third kappa shape index (κ3) is 3.94. The molecule has 0 heterocycles. The molecule has 0 radical (unpaired) electrons. The van der Waals surface area contributed by atoms with Gasteiger partial charge in [-0.25, -0.2) is 4.39 Å². The Labute approximate surface area is 166 Å². The lowest BCUT2D eigenvalue weighted by Gasteiger charge is -2.23. The zero-order valence-electron chi connectivity index (χ0n) is 15.0. The molecule has 2 saturated carbocycles. The van der Waals surface area contributed by atoms with E-state index in [0.717, 1.165) is 25.7 Å². The standard InChI is InChI=1S/C20H19ClFN3O3/c21-16-2-1-3-17(22)15(16)11-24(14-7-8-14)20(26)12-4-9-18(23-13-5-6-13)19(10-12)25(27)28/h1-4,9-10,13-14,23H,5-8,11H2. The minimum absolute atomic E-state index is 0.00788. The fourth-order valence-corrected chi connectivity index (χ4v) is 3.38. The quantitative estimate of drug-likeness (QED) is 0.534. The monoisotopic (exact) mass is 403 g/mol. The molecule has 2 aliphatic carbocycles. The van der Waals surface area contributed by atoms with Gasteiger partial charge in [-0.15, -0.1) is 0 Å². The lowest BCUT2D eigenvalue weighted by atomic mass is 10.1. The molecule has 0 aromatic heterocycles. The highest BCUT2D eigenvalue weighted by molar-refractivity contribution is 6.31. The molecular formula is C20H19ClFN3O3. The molecule has 0 unspecified atom stereocenters. The van der Waals surface area contributed by atoms with E-state index in [1.54, 1.807) is 23.1 Å². The van der Waals surface area contributed by atoms with Crippen molar-refractivity contribution < 1.29 is 14.1 Å². The predicted octanol–water partition coefficient (Wildman–Crippen LogP) is 4.77. The van der Waals surface area contributed by atoms with E-state index < -0.39 is 10.7 Å². The number of hydrogen-bond donors (Lipinski definition) is 1. The first-order valence-electron chi connectivity index (χ1n) is 9.23. The van der Waals surface area contributed by atoms with E-state index in [1.165, 1.54) is 18.2 Å². The number of rotatable bonds is 7. The van der Waals surface area contributed by atoms with Gasteiger partial charge >= 0.3 is 0 Å². The molecule has 1 amide bonds. The summed E-state index contributed by atoms with van der Waals surface area (Å²) in [6.45, 7) is 0.0326. The molecule has 146 valence electrons. The molecular weight excluding hydrogens is 385 g/mol. The van der Waals surface area contributed by atoms with Gasteiger partial charge in [0.2, 0.25) is 0 Å². The summed E-state index contributed by atoms with van der Waals surface area (Å²) in [5, 5.41) is 14.8. The van der Waals surface area contributed by atoms with E-state index in [9.17, 15) is 19.3 Å². The summed E-state index contributed by atoms with van der Waals surface area (Å²) < 4.78 is 14.2. The molecule has 1 N–H and O–H groups in total. The Morgan fingerprint density at radius 1 is 1.25 bits per heavy atom. The van der Waals surface area contributed by atoms with E-state index in [-0.39, 0.29) is 46.4 Å². The van der Waals surface area contributed by atoms with Crippen LogP contribution in [0.3, 0.4) is 0 Å². The normalized spacial score (nSPS) is 15.9. The van der Waals surface area contributed by atoms with Crippen molar-refractivity contribution in [2.24, 2.45) is 0 Å². The molecule has 0 aliphatic heterocycles. The molecule has 2 aromatic carbocycles. The molecule has 2 aromatic rings. The van der Waals surface area contributed by atoms with Crippen LogP contribution in [0, 0.1) is 15.9 Å². The first kappa shape index (κ1) is 18.7. The number of benzene rings is 2. The van der Waals surface area contributed by atoms with E-state index in [1.807, 2.05) is 0 Å². The van der Waals surface area contributed by atoms with Crippen LogP contribution in [-0.4, -0.2) is 27.8 Å². The highest BCUT2D eigenvalue weighted by atomic mass is 35.5. The number of carbonyl (C=O) groups is 1. The van der Waals surface area contributed by atoms with Crippen molar-refractivity contribution in [1.29, 1.82) is 0 Å². The number of nitrogens with zero attached hydrogens (tertiary/aromatic N) is 2. The van der Waals surface area contributed by atoms with Crippen molar-refractivity contribution in [2.45, 2.75) is 44.3 Å². The molecule has 2 fully saturated rings. The molecule has 0 atom stereocenters. The summed E-state index contributed by atoms with van der Waals surface area (Å²) in [5.41, 5.74) is 0.759. The van der Waals surface area contributed by atoms with Crippen LogP contribution in [0.4, 0.5) is 15.8 Å². The number of anilines is 1. The molecule has 4 rings (SSSR count). The zero-order valence-corrected chi connectivity index (χ0v) is 15.8. The number of halogens is 2. The molecule has 28 heavy (non-hydrogen) atoms. The average Bonchev–Trinajstić information content (AvgIpc) is 3.56. The summed E-state index contributed by atoms with van der Waals surface area (Å²) in [4.78, 5) is 25.6. The molecule has 6 nitrogen and oxygen atoms in total. The second-order valence-corrected chi connectivity index (χ2v) is 7.68. The van der Waals surface area contributed by atoms with Crippen molar-refractivity contribution in [3.63, 3.8) is 0 Å². The van der Waals surface area contributed by atoms with Gasteiger partial charge in [-0.05, 0) is 49.9 Å². The first-order chi connectivity index (χ1) is 13.4. The fraction of sp³-hybridized carbons (Fsp3) is 0.350. The maximum atomic E-state index is 14.2. The van der Waals surface area contributed by atoms with Crippen molar-refractivity contribution >= 4 is 28.9 Å². The highest BCUT2D eigenvalue weighted by Gasteiger charge is 2.35. The summed E-state index contributed by atoms with van der Waals surface area (Å²) >= 11 is 6.12. The first-order valence-corrected chi connectivity index (χ1v) is 9.60. The predicted molar refractivity (Wildman–Crippen MR) is 104 cm³/mol. The second kappa shape index (κ2) is 7.39. The summed E-state index contributed by atoms with van der Waals surface area (Å²) in [6, 6.07) is 9.10. The van der Waals surface area contributed by atoms with Crippen molar-refractivity contribution in [2.75, 3.05) is 5.32 Å². The van der Waals surface area contributed by atoms with Crippen LogP contribution in [0.2, 0.25) is 5.02 Å². The van der Waals surface area contributed by atoms with E-state index in [0.29, 0.717) is 5.69 Å². The molecule has 2 aliphatic rings. The number of nitro groups is 1. The number of amides is 1. The van der Waals surface area contributed by atoms with Crippen LogP contribution in [0.25, 0.3) is 0 Å². The lowest BCUT2D eigenvalue weighted by Crippen LogP contribution is -2.33. The SMILES string of the molecule is O=C(c1ccc(NC2CC2)c([N+](=O)[O-])c1)N(Cc1c(F)cccc1Cl)C1CC1. The van der Waals surface area contributed by atoms with Gasteiger partial charge in [0.25, 0.3) is 11.6 Å². The van der Waals surface area contributed by atoms with Gasteiger partial charge in [0.15, 0.2) is 0 Å². The zero-order chi connectivity index (χ0) is 19.8. The topological polar surface area (TPSA) is 75.5 Å². The van der Waals surface area contributed by atoms with Gasteiger partial charge in [-0.1, -0.05) is 17.7 Å². The van der Waals surface area contributed by atoms with Crippen LogP contribution in [0.15, 0.2) is 36.4 Å². The molecule has 0 saturated heterocycles. The Morgan fingerprint density at radius 2 is 2.00 bits per heavy atom. The van der Waals surface area contributed by atoms with Crippen LogP contribution in [-0.2, 0) is 6.54 Å². The third-order valence-corrected chi connectivity index (χ3v) is 5.37. The van der Waals surface area contributed by atoms with Crippen LogP contribution >= 0.6 is 11.6 Å². The minimum Gasteiger partial charge on any atom is -0.377 e. The van der Waals surface area contributed by atoms with Crippen LogP contribution < -0.4 is 5.32 Å². The Morgan fingerprint density at radius 3 is 2.61 bits per heavy atom. The third-order valence-electron chi connectivity index (χ3n) is 5.02. The van der Waals surface area contributed by atoms with Gasteiger partial charge in [0.1, 0.15) is 11.5 Å².